The van der Waals surface area contributed by atoms with E-state index < -0.39 is 26.3 Å². The molecule has 20 heavy (non-hydrogen) atoms. The van der Waals surface area contributed by atoms with Crippen LogP contribution in [0, 0.1) is 5.82 Å². The molecule has 0 saturated carbocycles. The topological polar surface area (TPSA) is 66.4 Å². The molecule has 0 unspecified atom stereocenters. The first-order valence-electron chi connectivity index (χ1n) is 5.82. The van der Waals surface area contributed by atoms with Crippen LogP contribution in [0.1, 0.15) is 12.5 Å². The molecule has 2 aromatic rings. The van der Waals surface area contributed by atoms with Crippen LogP contribution in [-0.4, -0.2) is 20.1 Å². The van der Waals surface area contributed by atoms with Gasteiger partial charge in [0.2, 0.25) is 10.0 Å². The summed E-state index contributed by atoms with van der Waals surface area (Å²) in [5.41, 5.74) is -0.739. The third kappa shape index (κ3) is 3.24. The van der Waals surface area contributed by atoms with Crippen LogP contribution in [-0.2, 0) is 15.6 Å². The van der Waals surface area contributed by atoms with Gasteiger partial charge in [-0.15, -0.1) is 0 Å². The van der Waals surface area contributed by atoms with Crippen molar-refractivity contribution in [3.63, 3.8) is 0 Å². The lowest BCUT2D eigenvalue weighted by Crippen LogP contribution is -2.38. The fourth-order valence-corrected chi connectivity index (χ4v) is 3.64. The van der Waals surface area contributed by atoms with Crippen molar-refractivity contribution < 1.29 is 17.9 Å². The highest BCUT2D eigenvalue weighted by Gasteiger charge is 2.27. The standard InChI is InChI=1S/C13H14FNO3S2/c1-13(16,10-6-7-19-8-10)9-15-20(17,18)12-5-3-2-4-11(12)14/h2-8,15-16H,9H2,1H3/t13-/m1/s1. The Balaban J connectivity index is 2.17. The lowest BCUT2D eigenvalue weighted by atomic mass is 10.0. The Kier molecular flexibility index (Phi) is 4.24. The maximum atomic E-state index is 13.5. The quantitative estimate of drug-likeness (QED) is 0.888. The van der Waals surface area contributed by atoms with E-state index in [4.69, 9.17) is 0 Å². The number of rotatable bonds is 5. The molecule has 2 rings (SSSR count). The molecule has 0 spiro atoms. The van der Waals surface area contributed by atoms with Gasteiger partial charge in [0.25, 0.3) is 0 Å². The zero-order chi connectivity index (χ0) is 14.8. The predicted molar refractivity (Wildman–Crippen MR) is 75.5 cm³/mol. The van der Waals surface area contributed by atoms with Crippen LogP contribution >= 0.6 is 11.3 Å². The maximum absolute atomic E-state index is 13.5. The third-order valence-electron chi connectivity index (χ3n) is 2.88. The Morgan fingerprint density at radius 3 is 2.65 bits per heavy atom. The van der Waals surface area contributed by atoms with E-state index in [0.717, 1.165) is 6.07 Å². The van der Waals surface area contributed by atoms with Crippen LogP contribution in [0.25, 0.3) is 0 Å². The molecule has 1 atom stereocenters. The number of aliphatic hydroxyl groups is 1. The summed E-state index contributed by atoms with van der Waals surface area (Å²) in [6, 6.07) is 6.81. The van der Waals surface area contributed by atoms with Crippen LogP contribution in [0.4, 0.5) is 4.39 Å². The zero-order valence-electron chi connectivity index (χ0n) is 10.7. The largest absolute Gasteiger partial charge is 0.384 e. The number of hydrogen-bond acceptors (Lipinski definition) is 4. The lowest BCUT2D eigenvalue weighted by Gasteiger charge is -2.22. The Hall–Kier alpha value is -1.28. The van der Waals surface area contributed by atoms with Crippen molar-refractivity contribution in [2.75, 3.05) is 6.54 Å². The van der Waals surface area contributed by atoms with E-state index in [-0.39, 0.29) is 6.54 Å². The van der Waals surface area contributed by atoms with E-state index in [1.807, 2.05) is 0 Å². The molecule has 4 nitrogen and oxygen atoms in total. The number of hydrogen-bond donors (Lipinski definition) is 2. The number of sulfonamides is 1. The minimum Gasteiger partial charge on any atom is -0.384 e. The van der Waals surface area contributed by atoms with Gasteiger partial charge in [0.05, 0.1) is 0 Å². The van der Waals surface area contributed by atoms with Gasteiger partial charge in [-0.25, -0.2) is 17.5 Å². The second-order valence-corrected chi connectivity index (χ2v) is 7.06. The fourth-order valence-electron chi connectivity index (χ4n) is 1.65. The van der Waals surface area contributed by atoms with Gasteiger partial charge in [0.1, 0.15) is 16.3 Å². The van der Waals surface area contributed by atoms with E-state index in [9.17, 15) is 17.9 Å². The second-order valence-electron chi connectivity index (χ2n) is 4.54. The van der Waals surface area contributed by atoms with E-state index in [2.05, 4.69) is 4.72 Å². The summed E-state index contributed by atoms with van der Waals surface area (Å²) >= 11 is 1.40. The summed E-state index contributed by atoms with van der Waals surface area (Å²) in [5, 5.41) is 13.8. The van der Waals surface area contributed by atoms with Gasteiger partial charge < -0.3 is 5.11 Å². The zero-order valence-corrected chi connectivity index (χ0v) is 12.3. The highest BCUT2D eigenvalue weighted by atomic mass is 32.2. The van der Waals surface area contributed by atoms with E-state index in [1.54, 1.807) is 16.8 Å². The van der Waals surface area contributed by atoms with Gasteiger partial charge >= 0.3 is 0 Å². The van der Waals surface area contributed by atoms with Gasteiger partial charge in [-0.3, -0.25) is 0 Å². The molecule has 1 aromatic heterocycles. The second kappa shape index (κ2) is 5.61. The average molecular weight is 315 g/mol. The molecule has 7 heteroatoms. The van der Waals surface area contributed by atoms with Crippen molar-refractivity contribution in [2.45, 2.75) is 17.4 Å². The van der Waals surface area contributed by atoms with Gasteiger partial charge in [-0.05, 0) is 41.4 Å². The van der Waals surface area contributed by atoms with Crippen molar-refractivity contribution in [1.29, 1.82) is 0 Å². The molecule has 0 radical (unpaired) electrons. The first kappa shape index (κ1) is 15.1. The van der Waals surface area contributed by atoms with Gasteiger partial charge in [0.15, 0.2) is 0 Å². The van der Waals surface area contributed by atoms with Crippen molar-refractivity contribution in [3.05, 3.63) is 52.5 Å². The minimum atomic E-state index is -4.00. The van der Waals surface area contributed by atoms with Crippen molar-refractivity contribution in [3.8, 4) is 0 Å². The summed E-state index contributed by atoms with van der Waals surface area (Å²) < 4.78 is 39.7. The number of halogens is 1. The van der Waals surface area contributed by atoms with Gasteiger partial charge in [-0.1, -0.05) is 12.1 Å². The molecular weight excluding hydrogens is 301 g/mol. The molecule has 0 aliphatic carbocycles. The summed E-state index contributed by atoms with van der Waals surface area (Å²) in [6.45, 7) is 1.26. The highest BCUT2D eigenvalue weighted by Crippen LogP contribution is 2.23. The Morgan fingerprint density at radius 2 is 2.05 bits per heavy atom. The maximum Gasteiger partial charge on any atom is 0.243 e. The van der Waals surface area contributed by atoms with E-state index in [1.165, 1.54) is 36.5 Å². The normalized spacial score (nSPS) is 14.9. The Bertz CT molecular complexity index is 681. The molecule has 0 aliphatic heterocycles. The van der Waals surface area contributed by atoms with Crippen LogP contribution in [0.5, 0.6) is 0 Å². The summed E-state index contributed by atoms with van der Waals surface area (Å²) in [4.78, 5) is -0.430. The predicted octanol–water partition coefficient (Wildman–Crippen LogP) is 2.07. The summed E-state index contributed by atoms with van der Waals surface area (Å²) in [5.74, 6) is -0.824. The first-order valence-corrected chi connectivity index (χ1v) is 8.25. The van der Waals surface area contributed by atoms with Gasteiger partial charge in [0, 0.05) is 6.54 Å². The lowest BCUT2D eigenvalue weighted by molar-refractivity contribution is 0.0632. The number of thiophene rings is 1. The minimum absolute atomic E-state index is 0.236. The molecule has 0 fully saturated rings. The van der Waals surface area contributed by atoms with Gasteiger partial charge in [-0.2, -0.15) is 11.3 Å². The Labute approximate surface area is 120 Å². The average Bonchev–Trinajstić information content (AvgIpc) is 2.92. The van der Waals surface area contributed by atoms with E-state index in [0.29, 0.717) is 5.56 Å². The molecule has 1 heterocycles. The van der Waals surface area contributed by atoms with Crippen LogP contribution in [0.2, 0.25) is 0 Å². The van der Waals surface area contributed by atoms with Crippen molar-refractivity contribution >= 4 is 21.4 Å². The molecular formula is C13H14FNO3S2. The highest BCUT2D eigenvalue weighted by molar-refractivity contribution is 7.89. The molecule has 1 aromatic carbocycles. The summed E-state index contributed by atoms with van der Waals surface area (Å²) in [7, 11) is -4.00. The molecule has 0 aliphatic rings. The fraction of sp³-hybridized carbons (Fsp3) is 0.231. The number of nitrogens with one attached hydrogen (secondary N) is 1. The summed E-state index contributed by atoms with van der Waals surface area (Å²) in [6.07, 6.45) is 0. The molecule has 0 amide bonds. The smallest absolute Gasteiger partial charge is 0.243 e. The first-order chi connectivity index (χ1) is 9.33. The monoisotopic (exact) mass is 315 g/mol. The molecule has 0 saturated heterocycles. The SMILES string of the molecule is C[C@@](O)(CNS(=O)(=O)c1ccccc1F)c1ccsc1. The van der Waals surface area contributed by atoms with E-state index >= 15 is 0 Å². The molecule has 2 N–H and O–H groups in total. The molecule has 108 valence electrons. The Morgan fingerprint density at radius 1 is 1.35 bits per heavy atom. The van der Waals surface area contributed by atoms with Crippen LogP contribution in [0.3, 0.4) is 0 Å². The van der Waals surface area contributed by atoms with Crippen molar-refractivity contribution in [2.24, 2.45) is 0 Å². The van der Waals surface area contributed by atoms with Crippen molar-refractivity contribution in [1.82, 2.24) is 4.72 Å². The van der Waals surface area contributed by atoms with Crippen LogP contribution in [0.15, 0.2) is 46.0 Å². The third-order valence-corrected chi connectivity index (χ3v) is 4.99. The van der Waals surface area contributed by atoms with Crippen LogP contribution < -0.4 is 4.72 Å². The number of benzene rings is 1. The molecule has 0 bridgehead atoms.